The molecule has 39 heavy (non-hydrogen) atoms. The molecule has 2 amide bonds. The summed E-state index contributed by atoms with van der Waals surface area (Å²) in [5.74, 6) is -0.401. The Labute approximate surface area is 233 Å². The summed E-state index contributed by atoms with van der Waals surface area (Å²) in [6, 6.07) is 17.2. The fraction of sp³-hybridized carbons (Fsp3) is 0.333. The predicted molar refractivity (Wildman–Crippen MR) is 151 cm³/mol. The first-order valence-electron chi connectivity index (χ1n) is 13.1. The highest BCUT2D eigenvalue weighted by molar-refractivity contribution is 8.16. The van der Waals surface area contributed by atoms with E-state index in [9.17, 15) is 14.4 Å². The highest BCUT2D eigenvalue weighted by Crippen LogP contribution is 2.45. The normalized spacial score (nSPS) is 18.9. The van der Waals surface area contributed by atoms with Gasteiger partial charge in [-0.25, -0.2) is 9.79 Å². The number of fused-ring (bicyclic) bond motifs is 1. The summed E-state index contributed by atoms with van der Waals surface area (Å²) >= 11 is 1.46. The molecule has 0 aromatic heterocycles. The van der Waals surface area contributed by atoms with Crippen LogP contribution in [0.25, 0.3) is 0 Å². The number of hydrogen-bond acceptors (Lipinski definition) is 7. The first-order chi connectivity index (χ1) is 18.8. The van der Waals surface area contributed by atoms with Crippen LogP contribution >= 0.6 is 11.8 Å². The average molecular weight is 545 g/mol. The average Bonchev–Trinajstić information content (AvgIpc) is 3.33. The second-order valence-electron chi connectivity index (χ2n) is 9.93. The lowest BCUT2D eigenvalue weighted by Gasteiger charge is -2.38. The van der Waals surface area contributed by atoms with Crippen molar-refractivity contribution in [3.63, 3.8) is 0 Å². The van der Waals surface area contributed by atoms with Gasteiger partial charge in [-0.1, -0.05) is 71.9 Å². The van der Waals surface area contributed by atoms with E-state index >= 15 is 0 Å². The molecule has 9 heteroatoms. The number of aliphatic imine (C=N–C) groups is 1. The Balaban J connectivity index is 1.40. The molecule has 3 heterocycles. The van der Waals surface area contributed by atoms with E-state index in [1.54, 1.807) is 16.7 Å². The highest BCUT2D eigenvalue weighted by atomic mass is 32.2. The summed E-state index contributed by atoms with van der Waals surface area (Å²) in [6.45, 7) is 7.67. The molecule has 5 rings (SSSR count). The number of ether oxygens (including phenoxy) is 1. The summed E-state index contributed by atoms with van der Waals surface area (Å²) in [6.07, 6.45) is 0.180. The van der Waals surface area contributed by atoms with Crippen LogP contribution in [-0.4, -0.2) is 63.8 Å². The Morgan fingerprint density at radius 3 is 2.28 bits per heavy atom. The molecule has 202 valence electrons. The van der Waals surface area contributed by atoms with Gasteiger partial charge in [0.15, 0.2) is 5.17 Å². The fourth-order valence-electron chi connectivity index (χ4n) is 5.03. The Morgan fingerprint density at radius 2 is 1.62 bits per heavy atom. The molecule has 0 aliphatic carbocycles. The molecule has 0 N–H and O–H groups in total. The van der Waals surface area contributed by atoms with Crippen LogP contribution in [0.3, 0.4) is 0 Å². The molecule has 3 aliphatic rings. The standard InChI is InChI=1S/C30H32N4O4S/c1-20-9-11-24(12-10-20)28-27(29(37)38-18-23-7-5-4-6-8-23)21(2)31-30-34(28)25(19-39-30)17-26(36)33-15-13-32(14-16-33)22(3)35/h4-12,19,28H,13-18H2,1-3H3. The number of esters is 1. The molecule has 1 fully saturated rings. The predicted octanol–water partition coefficient (Wildman–Crippen LogP) is 4.39. The van der Waals surface area contributed by atoms with Crippen LogP contribution in [0, 0.1) is 6.92 Å². The first kappa shape index (κ1) is 26.7. The number of allylic oxidation sites excluding steroid dienone is 1. The topological polar surface area (TPSA) is 82.5 Å². The first-order valence-corrected chi connectivity index (χ1v) is 13.9. The van der Waals surface area contributed by atoms with Crippen molar-refractivity contribution in [1.29, 1.82) is 0 Å². The van der Waals surface area contributed by atoms with Gasteiger partial charge in [0, 0.05) is 38.8 Å². The molecule has 2 aromatic carbocycles. The molecular weight excluding hydrogens is 512 g/mol. The molecule has 0 spiro atoms. The lowest BCUT2D eigenvalue weighted by atomic mass is 9.93. The lowest BCUT2D eigenvalue weighted by Crippen LogP contribution is -2.50. The molecule has 0 saturated carbocycles. The summed E-state index contributed by atoms with van der Waals surface area (Å²) in [4.78, 5) is 48.9. The molecular formula is C30H32N4O4S. The van der Waals surface area contributed by atoms with Gasteiger partial charge in [-0.2, -0.15) is 0 Å². The van der Waals surface area contributed by atoms with Crippen molar-refractivity contribution in [3.05, 3.63) is 93.7 Å². The lowest BCUT2D eigenvalue weighted by molar-refractivity contribution is -0.141. The number of amides is 2. The SMILES string of the molecule is CC(=O)N1CCN(C(=O)CC2=CSC3=NC(C)=C(C(=O)OCc4ccccc4)C(c4ccc(C)cc4)N23)CC1. The Bertz CT molecular complexity index is 1360. The van der Waals surface area contributed by atoms with Crippen molar-refractivity contribution < 1.29 is 19.1 Å². The van der Waals surface area contributed by atoms with Gasteiger partial charge in [0.2, 0.25) is 11.8 Å². The number of carbonyl (C=O) groups is 3. The number of piperazine rings is 1. The van der Waals surface area contributed by atoms with Crippen LogP contribution in [0.1, 0.15) is 43.0 Å². The van der Waals surface area contributed by atoms with E-state index in [1.807, 2.05) is 78.8 Å². The van der Waals surface area contributed by atoms with Gasteiger partial charge in [0.25, 0.3) is 0 Å². The summed E-state index contributed by atoms with van der Waals surface area (Å²) in [7, 11) is 0. The minimum atomic E-state index is -0.468. The number of benzene rings is 2. The van der Waals surface area contributed by atoms with Crippen LogP contribution < -0.4 is 0 Å². The minimum absolute atomic E-state index is 0.00608. The van der Waals surface area contributed by atoms with Crippen LogP contribution in [-0.2, 0) is 25.7 Å². The maximum Gasteiger partial charge on any atom is 0.338 e. The number of rotatable bonds is 6. The number of carbonyl (C=O) groups excluding carboxylic acids is 3. The van der Waals surface area contributed by atoms with Gasteiger partial charge in [-0.3, -0.25) is 9.59 Å². The van der Waals surface area contributed by atoms with Crippen molar-refractivity contribution in [2.24, 2.45) is 4.99 Å². The van der Waals surface area contributed by atoms with E-state index in [0.717, 1.165) is 27.6 Å². The maximum absolute atomic E-state index is 13.6. The maximum atomic E-state index is 13.6. The Hall–Kier alpha value is -3.85. The van der Waals surface area contributed by atoms with Gasteiger partial charge in [0.05, 0.1) is 23.7 Å². The van der Waals surface area contributed by atoms with Gasteiger partial charge >= 0.3 is 5.97 Å². The van der Waals surface area contributed by atoms with Crippen LogP contribution in [0.4, 0.5) is 0 Å². The Kier molecular flexibility index (Phi) is 7.88. The number of aryl methyl sites for hydroxylation is 1. The van der Waals surface area contributed by atoms with E-state index in [4.69, 9.17) is 9.73 Å². The summed E-state index contributed by atoms with van der Waals surface area (Å²) < 4.78 is 5.78. The van der Waals surface area contributed by atoms with E-state index < -0.39 is 12.0 Å². The highest BCUT2D eigenvalue weighted by Gasteiger charge is 2.41. The third-order valence-electron chi connectivity index (χ3n) is 7.24. The smallest absolute Gasteiger partial charge is 0.338 e. The third-order valence-corrected chi connectivity index (χ3v) is 8.13. The molecule has 0 bridgehead atoms. The molecule has 8 nitrogen and oxygen atoms in total. The second-order valence-corrected chi connectivity index (χ2v) is 10.8. The van der Waals surface area contributed by atoms with E-state index in [0.29, 0.717) is 37.4 Å². The summed E-state index contributed by atoms with van der Waals surface area (Å²) in [5.41, 5.74) is 4.82. The Morgan fingerprint density at radius 1 is 0.949 bits per heavy atom. The van der Waals surface area contributed by atoms with Crippen LogP contribution in [0.15, 0.2) is 82.0 Å². The van der Waals surface area contributed by atoms with E-state index in [-0.39, 0.29) is 24.8 Å². The largest absolute Gasteiger partial charge is 0.457 e. The van der Waals surface area contributed by atoms with Crippen molar-refractivity contribution in [2.75, 3.05) is 26.2 Å². The summed E-state index contributed by atoms with van der Waals surface area (Å²) in [5, 5.41) is 2.69. The van der Waals surface area contributed by atoms with Crippen molar-refractivity contribution >= 4 is 34.7 Å². The molecule has 1 atom stereocenters. The molecule has 2 aromatic rings. The number of nitrogens with zero attached hydrogens (tertiary/aromatic N) is 4. The minimum Gasteiger partial charge on any atom is -0.457 e. The van der Waals surface area contributed by atoms with Crippen molar-refractivity contribution in [3.8, 4) is 0 Å². The molecule has 1 saturated heterocycles. The number of hydrogen-bond donors (Lipinski definition) is 0. The van der Waals surface area contributed by atoms with Crippen molar-refractivity contribution in [1.82, 2.24) is 14.7 Å². The van der Waals surface area contributed by atoms with Gasteiger partial charge in [-0.05, 0) is 30.4 Å². The van der Waals surface area contributed by atoms with E-state index in [1.165, 1.54) is 11.8 Å². The third kappa shape index (κ3) is 5.78. The van der Waals surface area contributed by atoms with E-state index in [2.05, 4.69) is 0 Å². The van der Waals surface area contributed by atoms with Gasteiger partial charge < -0.3 is 19.4 Å². The molecule has 1 unspecified atom stereocenters. The molecule has 3 aliphatic heterocycles. The zero-order valence-corrected chi connectivity index (χ0v) is 23.2. The van der Waals surface area contributed by atoms with Crippen LogP contribution in [0.5, 0.6) is 0 Å². The zero-order valence-electron chi connectivity index (χ0n) is 22.4. The number of amidine groups is 1. The second kappa shape index (κ2) is 11.5. The van der Waals surface area contributed by atoms with Gasteiger partial charge in [-0.15, -0.1) is 0 Å². The van der Waals surface area contributed by atoms with Crippen molar-refractivity contribution in [2.45, 2.75) is 39.8 Å². The zero-order chi connectivity index (χ0) is 27.5. The molecule has 0 radical (unpaired) electrons. The monoisotopic (exact) mass is 544 g/mol. The number of thioether (sulfide) groups is 1. The van der Waals surface area contributed by atoms with Gasteiger partial charge in [0.1, 0.15) is 6.61 Å². The quantitative estimate of drug-likeness (QED) is 0.502. The fourth-order valence-corrected chi connectivity index (χ4v) is 6.00. The van der Waals surface area contributed by atoms with Crippen LogP contribution in [0.2, 0.25) is 0 Å².